The van der Waals surface area contributed by atoms with Crippen LogP contribution in [0.3, 0.4) is 0 Å². The Bertz CT molecular complexity index is 1160. The highest BCUT2D eigenvalue weighted by Gasteiger charge is 2.34. The molecule has 3 aromatic rings. The second kappa shape index (κ2) is 9.05. The summed E-state index contributed by atoms with van der Waals surface area (Å²) in [4.78, 5) is 45.0. The van der Waals surface area contributed by atoms with Crippen molar-refractivity contribution in [2.75, 3.05) is 17.7 Å². The van der Waals surface area contributed by atoms with Crippen molar-refractivity contribution in [3.8, 4) is 5.75 Å². The van der Waals surface area contributed by atoms with Crippen LogP contribution in [0.5, 0.6) is 5.75 Å². The van der Waals surface area contributed by atoms with E-state index in [0.717, 1.165) is 5.56 Å². The first-order chi connectivity index (χ1) is 15.0. The number of nitrogens with zero attached hydrogens (tertiary/aromatic N) is 1. The van der Waals surface area contributed by atoms with Gasteiger partial charge in [0.2, 0.25) is 11.8 Å². The molecule has 158 valence electrons. The molecule has 1 aliphatic heterocycles. The third-order valence-electron chi connectivity index (χ3n) is 4.82. The molecule has 0 saturated heterocycles. The summed E-state index contributed by atoms with van der Waals surface area (Å²) in [5.74, 6) is -0.349. The first-order valence-electron chi connectivity index (χ1n) is 9.59. The number of rotatable bonds is 6. The Labute approximate surface area is 182 Å². The lowest BCUT2D eigenvalue weighted by atomic mass is 9.92. The number of carbonyl (C=O) groups excluding carboxylic acids is 2. The molecule has 9 heteroatoms. The second-order valence-corrected chi connectivity index (χ2v) is 7.89. The van der Waals surface area contributed by atoms with Gasteiger partial charge in [-0.05, 0) is 29.8 Å². The molecule has 0 unspecified atom stereocenters. The summed E-state index contributed by atoms with van der Waals surface area (Å²) in [6.07, 6.45) is -0.129. The number of nitrogens with one attached hydrogen (secondary N) is 3. The predicted octanol–water partition coefficient (Wildman–Crippen LogP) is 3.14. The van der Waals surface area contributed by atoms with Gasteiger partial charge in [-0.1, -0.05) is 42.1 Å². The molecule has 4 rings (SSSR count). The summed E-state index contributed by atoms with van der Waals surface area (Å²) in [7, 11) is 1.55. The van der Waals surface area contributed by atoms with Gasteiger partial charge in [-0.2, -0.15) is 0 Å². The fraction of sp³-hybridized carbons (Fsp3) is 0.182. The van der Waals surface area contributed by atoms with Crippen LogP contribution in [0.2, 0.25) is 0 Å². The highest BCUT2D eigenvalue weighted by atomic mass is 32.2. The minimum absolute atomic E-state index is 0.129. The van der Waals surface area contributed by atoms with Crippen LogP contribution in [0.15, 0.2) is 64.5 Å². The molecule has 0 radical (unpaired) electrons. The normalized spacial score (nSPS) is 15.0. The summed E-state index contributed by atoms with van der Waals surface area (Å²) in [6, 6.07) is 16.5. The standard InChI is InChI=1S/C22H20N4O4S/c1-30-15-9-7-14(8-10-15)23-20(28)16-11-17(27)24-19-18(16)21(29)26-22(25-19)31-12-13-5-3-2-4-6-13/h2-10,16H,11-12H2,1H3,(H,23,28)(H2,24,25,26,27,29)/t16-/m1/s1. The lowest BCUT2D eigenvalue weighted by molar-refractivity contribution is -0.123. The van der Waals surface area contributed by atoms with Crippen molar-refractivity contribution >= 4 is 35.1 Å². The molecule has 31 heavy (non-hydrogen) atoms. The number of ether oxygens (including phenoxy) is 1. The van der Waals surface area contributed by atoms with E-state index in [4.69, 9.17) is 4.74 Å². The Kier molecular flexibility index (Phi) is 6.03. The molecular formula is C22H20N4O4S. The lowest BCUT2D eigenvalue weighted by Crippen LogP contribution is -2.36. The quantitative estimate of drug-likeness (QED) is 0.404. The maximum atomic E-state index is 12.9. The van der Waals surface area contributed by atoms with Crippen LogP contribution in [-0.4, -0.2) is 28.9 Å². The van der Waals surface area contributed by atoms with Crippen LogP contribution in [0.1, 0.15) is 23.5 Å². The first-order valence-corrected chi connectivity index (χ1v) is 10.6. The van der Waals surface area contributed by atoms with Gasteiger partial charge in [-0.25, -0.2) is 4.98 Å². The van der Waals surface area contributed by atoms with Crippen LogP contribution in [-0.2, 0) is 15.3 Å². The number of H-pyrrole nitrogens is 1. The van der Waals surface area contributed by atoms with Gasteiger partial charge in [0.25, 0.3) is 5.56 Å². The number of hydrogen-bond acceptors (Lipinski definition) is 6. The van der Waals surface area contributed by atoms with E-state index in [9.17, 15) is 14.4 Å². The highest BCUT2D eigenvalue weighted by molar-refractivity contribution is 7.98. The molecule has 0 saturated carbocycles. The molecule has 0 bridgehead atoms. The molecule has 2 aromatic carbocycles. The van der Waals surface area contributed by atoms with Crippen molar-refractivity contribution in [1.29, 1.82) is 0 Å². The minimum atomic E-state index is -0.935. The molecule has 1 aromatic heterocycles. The van der Waals surface area contributed by atoms with Gasteiger partial charge in [-0.15, -0.1) is 0 Å². The van der Waals surface area contributed by atoms with E-state index in [1.807, 2.05) is 30.3 Å². The topological polar surface area (TPSA) is 113 Å². The summed E-state index contributed by atoms with van der Waals surface area (Å²) < 4.78 is 5.10. The van der Waals surface area contributed by atoms with Gasteiger partial charge in [0.1, 0.15) is 11.6 Å². The van der Waals surface area contributed by atoms with E-state index >= 15 is 0 Å². The fourth-order valence-corrected chi connectivity index (χ4v) is 4.09. The average molecular weight is 436 g/mol. The SMILES string of the molecule is COc1ccc(NC(=O)[C@@H]2CC(=O)Nc3nc(SCc4ccccc4)[nH]c(=O)c32)cc1. The van der Waals surface area contributed by atoms with Crippen LogP contribution >= 0.6 is 11.8 Å². The summed E-state index contributed by atoms with van der Waals surface area (Å²) in [5, 5.41) is 5.75. The number of thioether (sulfide) groups is 1. The maximum Gasteiger partial charge on any atom is 0.257 e. The van der Waals surface area contributed by atoms with Crippen LogP contribution in [0.25, 0.3) is 0 Å². The Morgan fingerprint density at radius 2 is 1.90 bits per heavy atom. The zero-order valence-electron chi connectivity index (χ0n) is 16.7. The number of carbonyl (C=O) groups is 2. The van der Waals surface area contributed by atoms with Crippen molar-refractivity contribution in [1.82, 2.24) is 9.97 Å². The number of methoxy groups -OCH3 is 1. The molecule has 1 atom stereocenters. The van der Waals surface area contributed by atoms with Crippen LogP contribution in [0.4, 0.5) is 11.5 Å². The van der Waals surface area contributed by atoms with E-state index < -0.39 is 17.4 Å². The number of anilines is 2. The van der Waals surface area contributed by atoms with Gasteiger partial charge in [-0.3, -0.25) is 14.4 Å². The molecule has 1 aliphatic rings. The summed E-state index contributed by atoms with van der Waals surface area (Å²) in [5.41, 5.74) is 1.34. The molecule has 2 amide bonds. The summed E-state index contributed by atoms with van der Waals surface area (Å²) >= 11 is 1.35. The van der Waals surface area contributed by atoms with E-state index in [-0.39, 0.29) is 23.7 Å². The van der Waals surface area contributed by atoms with Gasteiger partial charge in [0.15, 0.2) is 5.16 Å². The second-order valence-electron chi connectivity index (χ2n) is 6.93. The third-order valence-corrected chi connectivity index (χ3v) is 5.77. The monoisotopic (exact) mass is 436 g/mol. The van der Waals surface area contributed by atoms with Crippen LogP contribution in [0, 0.1) is 0 Å². The molecule has 0 fully saturated rings. The smallest absolute Gasteiger partial charge is 0.257 e. The predicted molar refractivity (Wildman–Crippen MR) is 118 cm³/mol. The number of aromatic nitrogens is 2. The largest absolute Gasteiger partial charge is 0.497 e. The third kappa shape index (κ3) is 4.77. The Balaban J connectivity index is 1.55. The van der Waals surface area contributed by atoms with Crippen molar-refractivity contribution in [3.05, 3.63) is 76.1 Å². The van der Waals surface area contributed by atoms with Gasteiger partial charge in [0, 0.05) is 17.9 Å². The average Bonchev–Trinajstić information content (AvgIpc) is 2.78. The molecule has 8 nitrogen and oxygen atoms in total. The number of aromatic amines is 1. The zero-order chi connectivity index (χ0) is 21.8. The van der Waals surface area contributed by atoms with Gasteiger partial charge >= 0.3 is 0 Å². The number of hydrogen-bond donors (Lipinski definition) is 3. The van der Waals surface area contributed by atoms with Crippen molar-refractivity contribution in [3.63, 3.8) is 0 Å². The Morgan fingerprint density at radius 3 is 2.61 bits per heavy atom. The Hall–Kier alpha value is -3.59. The number of fused-ring (bicyclic) bond motifs is 1. The van der Waals surface area contributed by atoms with Crippen molar-refractivity contribution in [2.45, 2.75) is 23.2 Å². The van der Waals surface area contributed by atoms with E-state index in [1.165, 1.54) is 11.8 Å². The zero-order valence-corrected chi connectivity index (χ0v) is 17.5. The molecule has 3 N–H and O–H groups in total. The number of amides is 2. The van der Waals surface area contributed by atoms with E-state index in [2.05, 4.69) is 20.6 Å². The van der Waals surface area contributed by atoms with E-state index in [1.54, 1.807) is 31.4 Å². The van der Waals surface area contributed by atoms with Gasteiger partial charge in [0.05, 0.1) is 18.6 Å². The minimum Gasteiger partial charge on any atom is -0.497 e. The van der Waals surface area contributed by atoms with E-state index in [0.29, 0.717) is 22.3 Å². The fourth-order valence-electron chi connectivity index (χ4n) is 3.27. The molecular weight excluding hydrogens is 416 g/mol. The number of benzene rings is 2. The first kappa shape index (κ1) is 20.7. The molecule has 2 heterocycles. The Morgan fingerprint density at radius 1 is 1.16 bits per heavy atom. The maximum absolute atomic E-state index is 12.9. The lowest BCUT2D eigenvalue weighted by Gasteiger charge is -2.23. The molecule has 0 aliphatic carbocycles. The van der Waals surface area contributed by atoms with Crippen LogP contribution < -0.4 is 20.9 Å². The van der Waals surface area contributed by atoms with Crippen molar-refractivity contribution < 1.29 is 14.3 Å². The van der Waals surface area contributed by atoms with Gasteiger partial charge < -0.3 is 20.4 Å². The van der Waals surface area contributed by atoms with Crippen molar-refractivity contribution in [2.24, 2.45) is 0 Å². The summed E-state index contributed by atoms with van der Waals surface area (Å²) in [6.45, 7) is 0. The molecule has 0 spiro atoms. The highest BCUT2D eigenvalue weighted by Crippen LogP contribution is 2.31.